The average Bonchev–Trinajstić information content (AvgIpc) is 2.81. The lowest BCUT2D eigenvalue weighted by Crippen LogP contribution is -2.36. The molecule has 0 atom stereocenters. The molecule has 30 heavy (non-hydrogen) atoms. The predicted octanol–water partition coefficient (Wildman–Crippen LogP) is 4.28. The third-order valence-corrected chi connectivity index (χ3v) is 4.80. The minimum Gasteiger partial charge on any atom is -0.496 e. The number of rotatable bonds is 9. The number of benzene rings is 3. The molecule has 3 aromatic carbocycles. The topological polar surface area (TPSA) is 54.9 Å². The molecule has 3 aromatic rings. The Labute approximate surface area is 178 Å². The zero-order chi connectivity index (χ0) is 21.0. The summed E-state index contributed by atoms with van der Waals surface area (Å²) >= 11 is 0. The molecule has 0 aromatic heterocycles. The summed E-state index contributed by atoms with van der Waals surface area (Å²) in [6.07, 6.45) is 0. The molecule has 0 heterocycles. The van der Waals surface area contributed by atoms with Crippen LogP contribution < -0.4 is 15.4 Å². The molecule has 0 saturated carbocycles. The molecular formula is C25H29N3O2. The highest BCUT2D eigenvalue weighted by atomic mass is 16.5. The lowest BCUT2D eigenvalue weighted by molar-refractivity contribution is 0.106. The van der Waals surface area contributed by atoms with Crippen LogP contribution in [-0.2, 0) is 31.0 Å². The molecule has 0 aliphatic carbocycles. The van der Waals surface area contributed by atoms with E-state index in [0.717, 1.165) is 17.3 Å². The van der Waals surface area contributed by atoms with E-state index in [1.165, 1.54) is 16.7 Å². The van der Waals surface area contributed by atoms with Gasteiger partial charge in [0.15, 0.2) is 5.96 Å². The van der Waals surface area contributed by atoms with Gasteiger partial charge in [-0.15, -0.1) is 0 Å². The molecule has 0 fully saturated rings. The third-order valence-electron chi connectivity index (χ3n) is 4.80. The van der Waals surface area contributed by atoms with Crippen LogP contribution in [0.15, 0.2) is 83.9 Å². The number of methoxy groups -OCH3 is 1. The fourth-order valence-corrected chi connectivity index (χ4v) is 3.15. The molecule has 5 nitrogen and oxygen atoms in total. The second kappa shape index (κ2) is 11.6. The van der Waals surface area contributed by atoms with Gasteiger partial charge in [0.05, 0.1) is 20.3 Å². The van der Waals surface area contributed by atoms with Crippen LogP contribution in [0.4, 0.5) is 0 Å². The van der Waals surface area contributed by atoms with Crippen molar-refractivity contribution in [2.24, 2.45) is 4.99 Å². The highest BCUT2D eigenvalue weighted by Crippen LogP contribution is 2.16. The standard InChI is InChI=1S/C25H29N3O2/c1-26-25(28-17-22-13-8-9-15-24(22)29-2)27-16-21-12-6-7-14-23(21)19-30-18-20-10-4-3-5-11-20/h3-15H,16-19H2,1-2H3,(H2,26,27,28). The fourth-order valence-electron chi connectivity index (χ4n) is 3.15. The predicted molar refractivity (Wildman–Crippen MR) is 121 cm³/mol. The Balaban J connectivity index is 1.52. The van der Waals surface area contributed by atoms with Crippen molar-refractivity contribution in [2.45, 2.75) is 26.3 Å². The summed E-state index contributed by atoms with van der Waals surface area (Å²) in [7, 11) is 3.45. The normalized spacial score (nSPS) is 11.2. The molecule has 0 amide bonds. The van der Waals surface area contributed by atoms with E-state index in [2.05, 4.69) is 39.9 Å². The first-order chi connectivity index (χ1) is 14.8. The van der Waals surface area contributed by atoms with Crippen molar-refractivity contribution in [1.82, 2.24) is 10.6 Å². The number of hydrogen-bond donors (Lipinski definition) is 2. The van der Waals surface area contributed by atoms with Gasteiger partial charge in [0.2, 0.25) is 0 Å². The fraction of sp³-hybridized carbons (Fsp3) is 0.240. The van der Waals surface area contributed by atoms with Gasteiger partial charge in [-0.25, -0.2) is 0 Å². The number of nitrogens with zero attached hydrogens (tertiary/aromatic N) is 1. The number of guanidine groups is 1. The number of hydrogen-bond acceptors (Lipinski definition) is 3. The summed E-state index contributed by atoms with van der Waals surface area (Å²) in [5.74, 6) is 1.60. The third kappa shape index (κ3) is 6.36. The van der Waals surface area contributed by atoms with Gasteiger partial charge >= 0.3 is 0 Å². The Bertz CT molecular complexity index is 942. The quantitative estimate of drug-likeness (QED) is 0.414. The van der Waals surface area contributed by atoms with Crippen LogP contribution in [-0.4, -0.2) is 20.1 Å². The number of nitrogens with one attached hydrogen (secondary N) is 2. The maximum absolute atomic E-state index is 5.92. The highest BCUT2D eigenvalue weighted by Gasteiger charge is 2.06. The molecule has 0 unspecified atom stereocenters. The van der Waals surface area contributed by atoms with Crippen molar-refractivity contribution in [3.05, 3.63) is 101 Å². The second-order valence-corrected chi connectivity index (χ2v) is 6.84. The lowest BCUT2D eigenvalue weighted by Gasteiger charge is -2.15. The minimum atomic E-state index is 0.569. The molecule has 5 heteroatoms. The SMILES string of the molecule is CN=C(NCc1ccccc1COCc1ccccc1)NCc1ccccc1OC. The van der Waals surface area contributed by atoms with Crippen molar-refractivity contribution < 1.29 is 9.47 Å². The van der Waals surface area contributed by atoms with Gasteiger partial charge in [0, 0.05) is 25.7 Å². The van der Waals surface area contributed by atoms with Gasteiger partial charge in [-0.1, -0.05) is 72.8 Å². The van der Waals surface area contributed by atoms with Gasteiger partial charge in [-0.05, 0) is 22.8 Å². The van der Waals surface area contributed by atoms with Gasteiger partial charge in [-0.2, -0.15) is 0 Å². The lowest BCUT2D eigenvalue weighted by atomic mass is 10.1. The highest BCUT2D eigenvalue weighted by molar-refractivity contribution is 5.79. The average molecular weight is 404 g/mol. The molecule has 0 radical (unpaired) electrons. The molecule has 0 saturated heterocycles. The van der Waals surface area contributed by atoms with Crippen molar-refractivity contribution in [3.8, 4) is 5.75 Å². The zero-order valence-electron chi connectivity index (χ0n) is 17.6. The Morgan fingerprint density at radius 1 is 0.733 bits per heavy atom. The summed E-state index contributed by atoms with van der Waals surface area (Å²) in [6.45, 7) is 2.46. The maximum atomic E-state index is 5.92. The largest absolute Gasteiger partial charge is 0.496 e. The van der Waals surface area contributed by atoms with Gasteiger partial charge in [0.1, 0.15) is 5.75 Å². The Hall–Kier alpha value is -3.31. The molecule has 0 aliphatic heterocycles. The molecule has 0 aliphatic rings. The first-order valence-electron chi connectivity index (χ1n) is 10.0. The molecule has 3 rings (SSSR count). The first kappa shape index (κ1) is 21.4. The summed E-state index contributed by atoms with van der Waals surface area (Å²) in [5.41, 5.74) is 4.61. The van der Waals surface area contributed by atoms with Crippen LogP contribution in [0.1, 0.15) is 22.3 Å². The molecule has 2 N–H and O–H groups in total. The van der Waals surface area contributed by atoms with Gasteiger partial charge in [0.25, 0.3) is 0 Å². The first-order valence-corrected chi connectivity index (χ1v) is 10.0. The van der Waals surface area contributed by atoms with E-state index in [9.17, 15) is 0 Å². The van der Waals surface area contributed by atoms with E-state index in [1.807, 2.05) is 54.6 Å². The van der Waals surface area contributed by atoms with Crippen LogP contribution in [0.25, 0.3) is 0 Å². The van der Waals surface area contributed by atoms with E-state index < -0.39 is 0 Å². The van der Waals surface area contributed by atoms with Gasteiger partial charge in [-0.3, -0.25) is 4.99 Å². The maximum Gasteiger partial charge on any atom is 0.191 e. The van der Waals surface area contributed by atoms with Gasteiger partial charge < -0.3 is 20.1 Å². The van der Waals surface area contributed by atoms with Crippen molar-refractivity contribution in [3.63, 3.8) is 0 Å². The zero-order valence-corrected chi connectivity index (χ0v) is 17.6. The minimum absolute atomic E-state index is 0.569. The van der Waals surface area contributed by atoms with Crippen molar-refractivity contribution >= 4 is 5.96 Å². The molecule has 0 bridgehead atoms. The molecule has 156 valence electrons. The number of para-hydroxylation sites is 1. The summed E-state index contributed by atoms with van der Waals surface area (Å²) in [6, 6.07) is 26.5. The summed E-state index contributed by atoms with van der Waals surface area (Å²) < 4.78 is 11.3. The van der Waals surface area contributed by atoms with Crippen LogP contribution >= 0.6 is 0 Å². The molecule has 0 spiro atoms. The van der Waals surface area contributed by atoms with Crippen molar-refractivity contribution in [2.75, 3.05) is 14.2 Å². The van der Waals surface area contributed by atoms with E-state index in [0.29, 0.717) is 26.3 Å². The second-order valence-electron chi connectivity index (χ2n) is 6.84. The Kier molecular flexibility index (Phi) is 8.30. The van der Waals surface area contributed by atoms with Crippen LogP contribution in [0, 0.1) is 0 Å². The van der Waals surface area contributed by atoms with Crippen LogP contribution in [0.2, 0.25) is 0 Å². The van der Waals surface area contributed by atoms with Crippen LogP contribution in [0.3, 0.4) is 0 Å². The monoisotopic (exact) mass is 403 g/mol. The van der Waals surface area contributed by atoms with E-state index in [4.69, 9.17) is 9.47 Å². The number of ether oxygens (including phenoxy) is 2. The Morgan fingerprint density at radius 3 is 2.03 bits per heavy atom. The van der Waals surface area contributed by atoms with E-state index >= 15 is 0 Å². The molecular weight excluding hydrogens is 374 g/mol. The van der Waals surface area contributed by atoms with E-state index in [-0.39, 0.29) is 0 Å². The van der Waals surface area contributed by atoms with E-state index in [1.54, 1.807) is 14.2 Å². The van der Waals surface area contributed by atoms with Crippen molar-refractivity contribution in [1.29, 1.82) is 0 Å². The van der Waals surface area contributed by atoms with Crippen LogP contribution in [0.5, 0.6) is 5.75 Å². The smallest absolute Gasteiger partial charge is 0.191 e. The summed E-state index contributed by atoms with van der Waals surface area (Å²) in [5, 5.41) is 6.73. The number of aliphatic imine (C=N–C) groups is 1. The summed E-state index contributed by atoms with van der Waals surface area (Å²) in [4.78, 5) is 4.33. The Morgan fingerprint density at radius 2 is 1.33 bits per heavy atom.